The third-order valence-electron chi connectivity index (χ3n) is 4.99. The van der Waals surface area contributed by atoms with Gasteiger partial charge in [0.25, 0.3) is 0 Å². The number of rotatable bonds is 6. The quantitative estimate of drug-likeness (QED) is 0.705. The molecule has 26 heavy (non-hydrogen) atoms. The molecule has 1 aliphatic heterocycles. The molecule has 1 fully saturated rings. The minimum absolute atomic E-state index is 0.154. The maximum absolute atomic E-state index is 12.7. The zero-order chi connectivity index (χ0) is 18.5. The van der Waals surface area contributed by atoms with Crippen LogP contribution in [0.25, 0.3) is 0 Å². The third kappa shape index (κ3) is 4.46. The van der Waals surface area contributed by atoms with Gasteiger partial charge in [-0.2, -0.15) is 0 Å². The molecule has 0 spiro atoms. The first kappa shape index (κ1) is 18.9. The zero-order valence-corrected chi connectivity index (χ0v) is 16.9. The van der Waals surface area contributed by atoms with Gasteiger partial charge in [0.05, 0.1) is 13.7 Å². The Morgan fingerprint density at radius 1 is 1.23 bits per heavy atom. The number of carbonyl (C=O) groups excluding carboxylic acids is 1. The monoisotopic (exact) mass is 416 g/mol. The number of carbonyl (C=O) groups is 1. The molecule has 4 nitrogen and oxygen atoms in total. The lowest BCUT2D eigenvalue weighted by atomic mass is 10.0. The Bertz CT molecular complexity index is 748. The molecule has 2 aromatic rings. The van der Waals surface area contributed by atoms with Crippen LogP contribution in [0.4, 0.5) is 0 Å². The SMILES string of the molecule is COc1ccc([C@H]2CCCN2CC(=O)N(C)Cc2ccccc2Br)cc1. The van der Waals surface area contributed by atoms with Crippen LogP contribution in [0.2, 0.25) is 0 Å². The Labute approximate surface area is 163 Å². The highest BCUT2D eigenvalue weighted by molar-refractivity contribution is 9.10. The maximum atomic E-state index is 12.7. The van der Waals surface area contributed by atoms with Crippen molar-refractivity contribution in [3.63, 3.8) is 0 Å². The van der Waals surface area contributed by atoms with Crippen LogP contribution in [0.5, 0.6) is 5.75 Å². The Morgan fingerprint density at radius 3 is 2.65 bits per heavy atom. The summed E-state index contributed by atoms with van der Waals surface area (Å²) in [5.74, 6) is 1.02. The lowest BCUT2D eigenvalue weighted by Crippen LogP contribution is -2.37. The maximum Gasteiger partial charge on any atom is 0.236 e. The Balaban J connectivity index is 1.62. The molecule has 0 saturated carbocycles. The standard InChI is InChI=1S/C21H25BrN2O2/c1-23(14-17-6-3-4-7-19(17)22)21(25)15-24-13-5-8-20(24)16-9-11-18(26-2)12-10-16/h3-4,6-7,9-12,20H,5,8,13-15H2,1-2H3/t20-/m1/s1. The van der Waals surface area contributed by atoms with Crippen molar-refractivity contribution in [3.05, 3.63) is 64.1 Å². The summed E-state index contributed by atoms with van der Waals surface area (Å²) >= 11 is 3.56. The molecule has 0 unspecified atom stereocenters. The lowest BCUT2D eigenvalue weighted by Gasteiger charge is -2.27. The van der Waals surface area contributed by atoms with Crippen molar-refractivity contribution >= 4 is 21.8 Å². The highest BCUT2D eigenvalue weighted by atomic mass is 79.9. The van der Waals surface area contributed by atoms with Crippen molar-refractivity contribution in [1.29, 1.82) is 0 Å². The van der Waals surface area contributed by atoms with Crippen LogP contribution in [-0.2, 0) is 11.3 Å². The summed E-state index contributed by atoms with van der Waals surface area (Å²) in [5.41, 5.74) is 2.38. The van der Waals surface area contributed by atoms with E-state index in [-0.39, 0.29) is 5.91 Å². The molecule has 0 N–H and O–H groups in total. The van der Waals surface area contributed by atoms with Gasteiger partial charge in [0, 0.05) is 24.1 Å². The van der Waals surface area contributed by atoms with Gasteiger partial charge in [-0.1, -0.05) is 46.3 Å². The summed E-state index contributed by atoms with van der Waals surface area (Å²) in [5, 5.41) is 0. The number of likely N-dealkylation sites (N-methyl/N-ethyl adjacent to an activating group) is 1. The van der Waals surface area contributed by atoms with Gasteiger partial charge in [-0.25, -0.2) is 0 Å². The van der Waals surface area contributed by atoms with E-state index in [0.29, 0.717) is 19.1 Å². The molecule has 2 aromatic carbocycles. The molecular formula is C21H25BrN2O2. The fourth-order valence-electron chi connectivity index (χ4n) is 3.48. The fraction of sp³-hybridized carbons (Fsp3) is 0.381. The predicted molar refractivity (Wildman–Crippen MR) is 107 cm³/mol. The summed E-state index contributed by atoms with van der Waals surface area (Å²) in [4.78, 5) is 16.8. The second-order valence-corrected chi connectivity index (χ2v) is 7.60. The topological polar surface area (TPSA) is 32.8 Å². The van der Waals surface area contributed by atoms with Gasteiger partial charge >= 0.3 is 0 Å². The van der Waals surface area contributed by atoms with Crippen LogP contribution < -0.4 is 4.74 Å². The summed E-state index contributed by atoms with van der Waals surface area (Å²) in [6, 6.07) is 16.5. The fourth-order valence-corrected chi connectivity index (χ4v) is 3.89. The molecule has 1 amide bonds. The van der Waals surface area contributed by atoms with Gasteiger partial charge in [0.15, 0.2) is 0 Å². The number of nitrogens with zero attached hydrogens (tertiary/aromatic N) is 2. The summed E-state index contributed by atoms with van der Waals surface area (Å²) in [7, 11) is 3.55. The highest BCUT2D eigenvalue weighted by Crippen LogP contribution is 2.32. The summed E-state index contributed by atoms with van der Waals surface area (Å²) in [6.07, 6.45) is 2.21. The van der Waals surface area contributed by atoms with Crippen LogP contribution in [0.15, 0.2) is 53.0 Å². The van der Waals surface area contributed by atoms with E-state index in [9.17, 15) is 4.79 Å². The summed E-state index contributed by atoms with van der Waals surface area (Å²) < 4.78 is 6.28. The average Bonchev–Trinajstić information content (AvgIpc) is 3.11. The zero-order valence-electron chi connectivity index (χ0n) is 15.3. The Hall–Kier alpha value is -1.85. The first-order valence-electron chi connectivity index (χ1n) is 8.94. The normalized spacial score (nSPS) is 17.3. The number of hydrogen-bond donors (Lipinski definition) is 0. The molecule has 0 radical (unpaired) electrons. The molecule has 0 aromatic heterocycles. The molecular weight excluding hydrogens is 392 g/mol. The lowest BCUT2D eigenvalue weighted by molar-refractivity contribution is -0.131. The van der Waals surface area contributed by atoms with Crippen molar-refractivity contribution in [2.75, 3.05) is 27.2 Å². The molecule has 5 heteroatoms. The van der Waals surface area contributed by atoms with Crippen LogP contribution >= 0.6 is 15.9 Å². The molecule has 1 aliphatic rings. The second kappa shape index (κ2) is 8.69. The molecule has 1 saturated heterocycles. The van der Waals surface area contributed by atoms with E-state index in [1.807, 2.05) is 48.3 Å². The minimum Gasteiger partial charge on any atom is -0.497 e. The number of benzene rings is 2. The number of amides is 1. The van der Waals surface area contributed by atoms with Crippen LogP contribution in [0, 0.1) is 0 Å². The number of halogens is 1. The van der Waals surface area contributed by atoms with E-state index < -0.39 is 0 Å². The van der Waals surface area contributed by atoms with Crippen molar-refractivity contribution in [2.24, 2.45) is 0 Å². The molecule has 0 aliphatic carbocycles. The van der Waals surface area contributed by atoms with E-state index >= 15 is 0 Å². The number of hydrogen-bond acceptors (Lipinski definition) is 3. The highest BCUT2D eigenvalue weighted by Gasteiger charge is 2.28. The van der Waals surface area contributed by atoms with Gasteiger partial charge in [-0.15, -0.1) is 0 Å². The number of likely N-dealkylation sites (tertiary alicyclic amines) is 1. The molecule has 1 atom stereocenters. The Kier molecular flexibility index (Phi) is 6.33. The Morgan fingerprint density at radius 2 is 1.96 bits per heavy atom. The first-order chi connectivity index (χ1) is 12.6. The minimum atomic E-state index is 0.154. The van der Waals surface area contributed by atoms with Gasteiger partial charge in [-0.3, -0.25) is 9.69 Å². The van der Waals surface area contributed by atoms with E-state index in [1.54, 1.807) is 7.11 Å². The van der Waals surface area contributed by atoms with E-state index in [2.05, 4.69) is 33.0 Å². The number of ether oxygens (including phenoxy) is 1. The van der Waals surface area contributed by atoms with Crippen LogP contribution in [0.3, 0.4) is 0 Å². The van der Waals surface area contributed by atoms with E-state index in [4.69, 9.17) is 4.74 Å². The van der Waals surface area contributed by atoms with E-state index in [0.717, 1.165) is 35.2 Å². The van der Waals surface area contributed by atoms with Crippen LogP contribution in [-0.4, -0.2) is 43.0 Å². The summed E-state index contributed by atoms with van der Waals surface area (Å²) in [6.45, 7) is 2.03. The van der Waals surface area contributed by atoms with Gasteiger partial charge < -0.3 is 9.64 Å². The van der Waals surface area contributed by atoms with Gasteiger partial charge in [-0.05, 0) is 48.7 Å². The second-order valence-electron chi connectivity index (χ2n) is 6.74. The first-order valence-corrected chi connectivity index (χ1v) is 9.73. The van der Waals surface area contributed by atoms with Gasteiger partial charge in [0.1, 0.15) is 5.75 Å². The van der Waals surface area contributed by atoms with Crippen LogP contribution in [0.1, 0.15) is 30.0 Å². The van der Waals surface area contributed by atoms with Crippen molar-refractivity contribution in [2.45, 2.75) is 25.4 Å². The molecule has 0 bridgehead atoms. The number of methoxy groups -OCH3 is 1. The molecule has 138 valence electrons. The van der Waals surface area contributed by atoms with Crippen molar-refractivity contribution in [3.8, 4) is 5.75 Å². The van der Waals surface area contributed by atoms with E-state index in [1.165, 1.54) is 5.56 Å². The molecule has 3 rings (SSSR count). The average molecular weight is 417 g/mol. The third-order valence-corrected chi connectivity index (χ3v) is 5.77. The van der Waals surface area contributed by atoms with Crippen molar-refractivity contribution in [1.82, 2.24) is 9.80 Å². The van der Waals surface area contributed by atoms with Gasteiger partial charge in [0.2, 0.25) is 5.91 Å². The van der Waals surface area contributed by atoms with Crippen molar-refractivity contribution < 1.29 is 9.53 Å². The predicted octanol–water partition coefficient (Wildman–Crippen LogP) is 4.25. The largest absolute Gasteiger partial charge is 0.497 e. The molecule has 1 heterocycles. The smallest absolute Gasteiger partial charge is 0.236 e.